The number of anilines is 1. The number of nitrogens with one attached hydrogen (secondary N) is 2. The summed E-state index contributed by atoms with van der Waals surface area (Å²) < 4.78 is 1.66. The molecule has 0 aliphatic carbocycles. The van der Waals surface area contributed by atoms with Crippen molar-refractivity contribution in [3.63, 3.8) is 0 Å². The number of aryl methyl sites for hydroxylation is 3. The van der Waals surface area contributed by atoms with E-state index in [1.54, 1.807) is 10.7 Å². The zero-order chi connectivity index (χ0) is 20.1. The van der Waals surface area contributed by atoms with Crippen molar-refractivity contribution in [3.8, 4) is 0 Å². The van der Waals surface area contributed by atoms with Gasteiger partial charge in [-0.3, -0.25) is 10.1 Å². The number of hydrogen-bond acceptors (Lipinski definition) is 4. The smallest absolute Gasteiger partial charge is 0.260 e. The third-order valence-corrected chi connectivity index (χ3v) is 4.80. The van der Waals surface area contributed by atoms with E-state index in [2.05, 4.69) is 39.8 Å². The average molecular weight is 396 g/mol. The summed E-state index contributed by atoms with van der Waals surface area (Å²) in [5.41, 5.74) is 4.87. The summed E-state index contributed by atoms with van der Waals surface area (Å²) in [6.45, 7) is 5.93. The molecular weight excluding hydrogens is 370 g/mol. The molecule has 1 amide bonds. The number of thiocarbonyl (C=S) groups is 1. The first-order valence-corrected chi connectivity index (χ1v) is 9.92. The molecule has 28 heavy (non-hydrogen) atoms. The Kier molecular flexibility index (Phi) is 6.36. The van der Waals surface area contributed by atoms with E-state index in [1.807, 2.05) is 32.0 Å². The Hall–Kier alpha value is -2.80. The molecule has 3 aromatic rings. The molecule has 0 aliphatic rings. The van der Waals surface area contributed by atoms with Gasteiger partial charge in [0.05, 0.1) is 17.0 Å². The van der Waals surface area contributed by atoms with Gasteiger partial charge >= 0.3 is 0 Å². The highest BCUT2D eigenvalue weighted by molar-refractivity contribution is 7.80. The lowest BCUT2D eigenvalue weighted by Gasteiger charge is -2.11. The van der Waals surface area contributed by atoms with Gasteiger partial charge in [0.2, 0.25) is 0 Å². The fourth-order valence-electron chi connectivity index (χ4n) is 3.05. The van der Waals surface area contributed by atoms with E-state index < -0.39 is 0 Å². The Morgan fingerprint density at radius 3 is 2.64 bits per heavy atom. The van der Waals surface area contributed by atoms with E-state index in [1.165, 1.54) is 24.8 Å². The van der Waals surface area contributed by atoms with Crippen molar-refractivity contribution < 1.29 is 4.79 Å². The standard InChI is InChI=1S/C21H25N5OS/c1-4-5-6-7-16-8-10-17(11-9-16)23-21(28)24-20(27)18-13-22-19-12-14(2)25-26(19)15(18)3/h8-13H,4-7H2,1-3H3,(H2,23,24,27,28). The molecule has 0 aliphatic heterocycles. The third-order valence-electron chi connectivity index (χ3n) is 4.60. The summed E-state index contributed by atoms with van der Waals surface area (Å²) in [7, 11) is 0. The summed E-state index contributed by atoms with van der Waals surface area (Å²) in [5, 5.41) is 10.4. The minimum absolute atomic E-state index is 0.250. The van der Waals surface area contributed by atoms with Crippen LogP contribution in [0, 0.1) is 13.8 Å². The van der Waals surface area contributed by atoms with Crippen molar-refractivity contribution in [1.82, 2.24) is 19.9 Å². The Morgan fingerprint density at radius 2 is 1.93 bits per heavy atom. The van der Waals surface area contributed by atoms with Gasteiger partial charge < -0.3 is 5.32 Å². The molecule has 0 spiro atoms. The molecule has 2 N–H and O–H groups in total. The first kappa shape index (κ1) is 19.9. The van der Waals surface area contributed by atoms with E-state index in [9.17, 15) is 4.79 Å². The number of carbonyl (C=O) groups is 1. The van der Waals surface area contributed by atoms with Crippen LogP contribution < -0.4 is 10.6 Å². The number of hydrogen-bond donors (Lipinski definition) is 2. The molecule has 3 rings (SSSR count). The van der Waals surface area contributed by atoms with Crippen LogP contribution in [0.1, 0.15) is 53.5 Å². The van der Waals surface area contributed by atoms with Gasteiger partial charge in [-0.2, -0.15) is 5.10 Å². The van der Waals surface area contributed by atoms with Gasteiger partial charge in [-0.25, -0.2) is 9.50 Å². The van der Waals surface area contributed by atoms with Crippen LogP contribution in [0.15, 0.2) is 36.5 Å². The minimum atomic E-state index is -0.311. The molecule has 146 valence electrons. The number of aromatic nitrogens is 3. The molecule has 2 heterocycles. The summed E-state index contributed by atoms with van der Waals surface area (Å²) in [4.78, 5) is 16.9. The van der Waals surface area contributed by atoms with E-state index in [0.29, 0.717) is 11.2 Å². The monoisotopic (exact) mass is 395 g/mol. The summed E-state index contributed by atoms with van der Waals surface area (Å²) in [6, 6.07) is 10.00. The van der Waals surface area contributed by atoms with Gasteiger partial charge in [0, 0.05) is 18.0 Å². The summed E-state index contributed by atoms with van der Waals surface area (Å²) in [6.07, 6.45) is 6.29. The van der Waals surface area contributed by atoms with Crippen LogP contribution >= 0.6 is 12.2 Å². The van der Waals surface area contributed by atoms with Crippen LogP contribution in [0.2, 0.25) is 0 Å². The van der Waals surface area contributed by atoms with Crippen molar-refractivity contribution in [2.45, 2.75) is 46.5 Å². The van der Waals surface area contributed by atoms with Gasteiger partial charge in [-0.1, -0.05) is 31.9 Å². The Morgan fingerprint density at radius 1 is 1.18 bits per heavy atom. The molecule has 2 aromatic heterocycles. The van der Waals surface area contributed by atoms with Crippen LogP contribution in [-0.4, -0.2) is 25.6 Å². The second-order valence-electron chi connectivity index (χ2n) is 6.88. The number of amides is 1. The highest BCUT2D eigenvalue weighted by Crippen LogP contribution is 2.13. The topological polar surface area (TPSA) is 71.3 Å². The van der Waals surface area contributed by atoms with Crippen LogP contribution in [0.5, 0.6) is 0 Å². The number of unbranched alkanes of at least 4 members (excludes halogenated alkanes) is 2. The SMILES string of the molecule is CCCCCc1ccc(NC(=S)NC(=O)c2cnc3cc(C)nn3c2C)cc1. The number of nitrogens with zero attached hydrogens (tertiary/aromatic N) is 3. The second kappa shape index (κ2) is 8.93. The first-order valence-electron chi connectivity index (χ1n) is 9.51. The highest BCUT2D eigenvalue weighted by atomic mass is 32.1. The van der Waals surface area contributed by atoms with Gasteiger partial charge in [0.1, 0.15) is 0 Å². The normalized spacial score (nSPS) is 10.8. The molecule has 0 fully saturated rings. The maximum atomic E-state index is 12.6. The number of rotatable bonds is 6. The van der Waals surface area contributed by atoms with Gasteiger partial charge in [0.25, 0.3) is 5.91 Å². The predicted molar refractivity (Wildman–Crippen MR) is 116 cm³/mol. The molecule has 1 aromatic carbocycles. The van der Waals surface area contributed by atoms with Crippen molar-refractivity contribution >= 4 is 34.6 Å². The number of fused-ring (bicyclic) bond motifs is 1. The van der Waals surface area contributed by atoms with Crippen molar-refractivity contribution in [2.75, 3.05) is 5.32 Å². The van der Waals surface area contributed by atoms with Crippen LogP contribution in [-0.2, 0) is 6.42 Å². The molecular formula is C21H25N5OS. The lowest BCUT2D eigenvalue weighted by Crippen LogP contribution is -2.34. The van der Waals surface area contributed by atoms with Crippen LogP contribution in [0.4, 0.5) is 5.69 Å². The molecule has 0 saturated carbocycles. The first-order chi connectivity index (χ1) is 13.5. The van der Waals surface area contributed by atoms with Gasteiger partial charge in [-0.15, -0.1) is 0 Å². The molecule has 0 atom stereocenters. The van der Waals surface area contributed by atoms with Crippen LogP contribution in [0.25, 0.3) is 5.65 Å². The lowest BCUT2D eigenvalue weighted by molar-refractivity contribution is 0.0976. The fraction of sp³-hybridized carbons (Fsp3) is 0.333. The lowest BCUT2D eigenvalue weighted by atomic mass is 10.1. The van der Waals surface area contributed by atoms with E-state index in [4.69, 9.17) is 12.2 Å². The number of benzene rings is 1. The van der Waals surface area contributed by atoms with Crippen molar-refractivity contribution in [3.05, 3.63) is 59.0 Å². The van der Waals surface area contributed by atoms with Crippen molar-refractivity contribution in [2.24, 2.45) is 0 Å². The fourth-order valence-corrected chi connectivity index (χ4v) is 3.26. The molecule has 0 unspecified atom stereocenters. The maximum absolute atomic E-state index is 12.6. The predicted octanol–water partition coefficient (Wildman–Crippen LogP) is 4.21. The summed E-state index contributed by atoms with van der Waals surface area (Å²) in [5.74, 6) is -0.311. The Labute approximate surface area is 170 Å². The maximum Gasteiger partial charge on any atom is 0.260 e. The molecule has 6 nitrogen and oxygen atoms in total. The second-order valence-corrected chi connectivity index (χ2v) is 7.28. The Bertz CT molecular complexity index is 994. The zero-order valence-electron chi connectivity index (χ0n) is 16.5. The van der Waals surface area contributed by atoms with Gasteiger partial charge in [0.15, 0.2) is 10.8 Å². The Balaban J connectivity index is 1.61. The van der Waals surface area contributed by atoms with Crippen LogP contribution in [0.3, 0.4) is 0 Å². The van der Waals surface area contributed by atoms with E-state index in [0.717, 1.165) is 23.5 Å². The highest BCUT2D eigenvalue weighted by Gasteiger charge is 2.15. The molecule has 7 heteroatoms. The van der Waals surface area contributed by atoms with E-state index >= 15 is 0 Å². The molecule has 0 bridgehead atoms. The molecule has 0 radical (unpaired) electrons. The minimum Gasteiger partial charge on any atom is -0.332 e. The largest absolute Gasteiger partial charge is 0.332 e. The average Bonchev–Trinajstić information content (AvgIpc) is 3.05. The zero-order valence-corrected chi connectivity index (χ0v) is 17.3. The third kappa shape index (κ3) is 4.72. The van der Waals surface area contributed by atoms with E-state index in [-0.39, 0.29) is 11.0 Å². The quantitative estimate of drug-likeness (QED) is 0.483. The number of carbonyl (C=O) groups excluding carboxylic acids is 1. The molecule has 0 saturated heterocycles. The van der Waals surface area contributed by atoms with Crippen molar-refractivity contribution in [1.29, 1.82) is 0 Å². The summed E-state index contributed by atoms with van der Waals surface area (Å²) >= 11 is 5.29. The van der Waals surface area contributed by atoms with Gasteiger partial charge in [-0.05, 0) is 56.6 Å².